The number of nitrogens with one attached hydrogen (secondary N) is 1. The van der Waals surface area contributed by atoms with E-state index in [4.69, 9.17) is 0 Å². The van der Waals surface area contributed by atoms with Crippen LogP contribution < -0.4 is 5.32 Å². The summed E-state index contributed by atoms with van der Waals surface area (Å²) in [6.45, 7) is 7.09. The van der Waals surface area contributed by atoms with Crippen molar-refractivity contribution in [1.29, 1.82) is 0 Å². The number of hydrogen-bond acceptors (Lipinski definition) is 2. The second-order valence-electron chi connectivity index (χ2n) is 5.28. The lowest BCUT2D eigenvalue weighted by molar-refractivity contribution is 0.207. The topological polar surface area (TPSA) is 15.3 Å². The van der Waals surface area contributed by atoms with Gasteiger partial charge in [0.2, 0.25) is 0 Å². The van der Waals surface area contributed by atoms with E-state index < -0.39 is 0 Å². The first-order valence-corrected chi connectivity index (χ1v) is 7.85. The molecule has 0 radical (unpaired) electrons. The van der Waals surface area contributed by atoms with Gasteiger partial charge in [0.15, 0.2) is 0 Å². The van der Waals surface area contributed by atoms with Crippen molar-refractivity contribution in [2.45, 2.75) is 26.3 Å². The maximum Gasteiger partial charge on any atom is 0.127 e. The van der Waals surface area contributed by atoms with Crippen molar-refractivity contribution in [3.05, 3.63) is 34.1 Å². The number of piperidine rings is 1. The molecule has 2 nitrogen and oxygen atoms in total. The van der Waals surface area contributed by atoms with Gasteiger partial charge in [-0.15, -0.1) is 12.4 Å². The van der Waals surface area contributed by atoms with Crippen LogP contribution in [-0.4, -0.2) is 31.1 Å². The summed E-state index contributed by atoms with van der Waals surface area (Å²) in [4.78, 5) is 2.34. The molecule has 1 aromatic rings. The molecule has 0 amide bonds. The molecule has 1 unspecified atom stereocenters. The predicted octanol–water partition coefficient (Wildman–Crippen LogP) is 3.83. The van der Waals surface area contributed by atoms with Crippen LogP contribution in [0.1, 0.15) is 25.3 Å². The summed E-state index contributed by atoms with van der Waals surface area (Å²) in [7, 11) is 0. The van der Waals surface area contributed by atoms with Crippen LogP contribution in [0.15, 0.2) is 22.7 Å². The normalized spacial score (nSPS) is 18.9. The molecule has 0 bridgehead atoms. The zero-order valence-corrected chi connectivity index (χ0v) is 14.3. The molecule has 1 saturated heterocycles. The van der Waals surface area contributed by atoms with E-state index in [-0.39, 0.29) is 18.2 Å². The minimum atomic E-state index is -0.108. The highest BCUT2D eigenvalue weighted by atomic mass is 79.9. The minimum Gasteiger partial charge on any atom is -0.316 e. The highest BCUT2D eigenvalue weighted by Gasteiger charge is 2.17. The largest absolute Gasteiger partial charge is 0.316 e. The van der Waals surface area contributed by atoms with Gasteiger partial charge in [-0.1, -0.05) is 22.9 Å². The molecule has 0 saturated carbocycles. The summed E-state index contributed by atoms with van der Waals surface area (Å²) in [6, 6.07) is 5.17. The van der Waals surface area contributed by atoms with Crippen LogP contribution in [0.5, 0.6) is 0 Å². The Kier molecular flexibility index (Phi) is 8.03. The average molecular weight is 366 g/mol. The third kappa shape index (κ3) is 5.32. The van der Waals surface area contributed by atoms with E-state index in [0.717, 1.165) is 36.2 Å². The van der Waals surface area contributed by atoms with Crippen molar-refractivity contribution >= 4 is 28.3 Å². The van der Waals surface area contributed by atoms with Crippen molar-refractivity contribution in [1.82, 2.24) is 10.2 Å². The first-order chi connectivity index (χ1) is 9.19. The summed E-state index contributed by atoms with van der Waals surface area (Å²) < 4.78 is 14.7. The first-order valence-electron chi connectivity index (χ1n) is 7.06. The van der Waals surface area contributed by atoms with Crippen LogP contribution in [0.25, 0.3) is 0 Å². The molecule has 5 heteroatoms. The van der Waals surface area contributed by atoms with Crippen LogP contribution in [0.4, 0.5) is 4.39 Å². The Morgan fingerprint density at radius 3 is 2.90 bits per heavy atom. The Hall–Kier alpha value is -0.160. The Labute approximate surface area is 135 Å². The molecule has 0 aliphatic carbocycles. The molecule has 1 atom stereocenters. The van der Waals surface area contributed by atoms with E-state index in [9.17, 15) is 4.39 Å². The second-order valence-corrected chi connectivity index (χ2v) is 6.19. The van der Waals surface area contributed by atoms with Gasteiger partial charge in [0, 0.05) is 23.1 Å². The van der Waals surface area contributed by atoms with E-state index in [1.54, 1.807) is 6.07 Å². The number of nitrogens with zero attached hydrogens (tertiary/aromatic N) is 1. The van der Waals surface area contributed by atoms with Crippen LogP contribution >= 0.6 is 28.3 Å². The highest BCUT2D eigenvalue weighted by molar-refractivity contribution is 9.10. The molecule has 1 aliphatic heterocycles. The van der Waals surface area contributed by atoms with Gasteiger partial charge in [0.1, 0.15) is 5.82 Å². The maximum absolute atomic E-state index is 13.8. The Morgan fingerprint density at radius 2 is 2.25 bits per heavy atom. The minimum absolute atomic E-state index is 0. The lowest BCUT2D eigenvalue weighted by Crippen LogP contribution is -2.38. The smallest absolute Gasteiger partial charge is 0.127 e. The summed E-state index contributed by atoms with van der Waals surface area (Å²) in [5, 5.41) is 3.44. The molecule has 20 heavy (non-hydrogen) atoms. The van der Waals surface area contributed by atoms with Crippen molar-refractivity contribution in [3.63, 3.8) is 0 Å². The Balaban J connectivity index is 0.00000200. The van der Waals surface area contributed by atoms with Crippen molar-refractivity contribution in [3.8, 4) is 0 Å². The van der Waals surface area contributed by atoms with Crippen LogP contribution in [-0.2, 0) is 6.54 Å². The third-order valence-electron chi connectivity index (χ3n) is 3.76. The van der Waals surface area contributed by atoms with Crippen LogP contribution in [0, 0.1) is 11.7 Å². The van der Waals surface area contributed by atoms with E-state index in [1.807, 2.05) is 6.07 Å². The van der Waals surface area contributed by atoms with Crippen molar-refractivity contribution < 1.29 is 4.39 Å². The van der Waals surface area contributed by atoms with Gasteiger partial charge < -0.3 is 5.32 Å². The zero-order valence-electron chi connectivity index (χ0n) is 11.9. The summed E-state index contributed by atoms with van der Waals surface area (Å²) in [5.41, 5.74) is 0.778. The third-order valence-corrected chi connectivity index (χ3v) is 4.26. The number of benzene rings is 1. The SMILES string of the molecule is CCN(Cc1cc(Br)ccc1F)CC1CCCNC1.Cl. The molecule has 1 aromatic carbocycles. The van der Waals surface area contributed by atoms with Gasteiger partial charge in [-0.25, -0.2) is 4.39 Å². The Bertz CT molecular complexity index is 411. The van der Waals surface area contributed by atoms with Crippen molar-refractivity contribution in [2.75, 3.05) is 26.2 Å². The predicted molar refractivity (Wildman–Crippen MR) is 87.9 cm³/mol. The molecule has 0 spiro atoms. The second kappa shape index (κ2) is 8.98. The lowest BCUT2D eigenvalue weighted by atomic mass is 9.99. The Morgan fingerprint density at radius 1 is 1.45 bits per heavy atom. The molecular formula is C15H23BrClFN2. The molecule has 1 heterocycles. The average Bonchev–Trinajstić information content (AvgIpc) is 2.43. The highest BCUT2D eigenvalue weighted by Crippen LogP contribution is 2.19. The fraction of sp³-hybridized carbons (Fsp3) is 0.600. The molecule has 114 valence electrons. The molecule has 1 aliphatic rings. The van der Waals surface area contributed by atoms with Crippen LogP contribution in [0.2, 0.25) is 0 Å². The van der Waals surface area contributed by atoms with Gasteiger partial charge in [-0.2, -0.15) is 0 Å². The first kappa shape index (κ1) is 17.9. The standard InChI is InChI=1S/C15H22BrFN2.ClH/c1-2-19(10-12-4-3-7-18-9-12)11-13-8-14(16)5-6-15(13)17;/h5-6,8,12,18H,2-4,7,9-11H2,1H3;1H. The summed E-state index contributed by atoms with van der Waals surface area (Å²) in [6.07, 6.45) is 2.54. The molecule has 2 rings (SSSR count). The van der Waals surface area contributed by atoms with Gasteiger partial charge in [-0.3, -0.25) is 4.90 Å². The van der Waals surface area contributed by atoms with Crippen LogP contribution in [0.3, 0.4) is 0 Å². The fourth-order valence-electron chi connectivity index (χ4n) is 2.66. The van der Waals surface area contributed by atoms with Gasteiger partial charge in [0.25, 0.3) is 0 Å². The number of hydrogen-bond donors (Lipinski definition) is 1. The van der Waals surface area contributed by atoms with E-state index in [2.05, 4.69) is 33.1 Å². The summed E-state index contributed by atoms with van der Waals surface area (Å²) in [5.74, 6) is 0.590. The maximum atomic E-state index is 13.8. The van der Waals surface area contributed by atoms with Gasteiger partial charge in [-0.05, 0) is 56.6 Å². The number of halogens is 3. The quantitative estimate of drug-likeness (QED) is 0.853. The van der Waals surface area contributed by atoms with E-state index >= 15 is 0 Å². The van der Waals surface area contributed by atoms with E-state index in [0.29, 0.717) is 12.5 Å². The monoisotopic (exact) mass is 364 g/mol. The number of rotatable bonds is 5. The van der Waals surface area contributed by atoms with E-state index in [1.165, 1.54) is 18.9 Å². The van der Waals surface area contributed by atoms with Gasteiger partial charge >= 0.3 is 0 Å². The molecule has 1 fully saturated rings. The molecular weight excluding hydrogens is 343 g/mol. The zero-order chi connectivity index (χ0) is 13.7. The fourth-order valence-corrected chi connectivity index (χ4v) is 3.06. The van der Waals surface area contributed by atoms with Crippen molar-refractivity contribution in [2.24, 2.45) is 5.92 Å². The molecule has 0 aromatic heterocycles. The summed E-state index contributed by atoms with van der Waals surface area (Å²) >= 11 is 3.41. The molecule has 1 N–H and O–H groups in total. The lowest BCUT2D eigenvalue weighted by Gasteiger charge is -2.29. The van der Waals surface area contributed by atoms with Gasteiger partial charge in [0.05, 0.1) is 0 Å².